The van der Waals surface area contributed by atoms with E-state index in [2.05, 4.69) is 0 Å². The average molecular weight is 325 g/mol. The van der Waals surface area contributed by atoms with Crippen molar-refractivity contribution in [2.24, 2.45) is 0 Å². The first-order valence-corrected chi connectivity index (χ1v) is 7.33. The molecule has 3 aromatic rings. The maximum atomic E-state index is 14.2. The van der Waals surface area contributed by atoms with E-state index in [1.54, 1.807) is 4.90 Å². The van der Waals surface area contributed by atoms with Gasteiger partial charge in [-0.05, 0) is 36.4 Å². The molecule has 0 radical (unpaired) electrons. The van der Waals surface area contributed by atoms with Crippen LogP contribution in [0.1, 0.15) is 0 Å². The molecule has 2 N–H and O–H groups in total. The molecule has 0 unspecified atom stereocenters. The van der Waals surface area contributed by atoms with E-state index in [1.165, 1.54) is 0 Å². The highest BCUT2D eigenvalue weighted by Gasteiger charge is 2.24. The lowest BCUT2D eigenvalue weighted by Gasteiger charge is -2.25. The van der Waals surface area contributed by atoms with Crippen LogP contribution >= 0.6 is 0 Å². The van der Waals surface area contributed by atoms with E-state index in [0.717, 1.165) is 23.5 Å². The van der Waals surface area contributed by atoms with Crippen LogP contribution in [0.25, 0.3) is 0 Å². The molecule has 0 saturated carbocycles. The molecule has 3 rings (SSSR count). The van der Waals surface area contributed by atoms with Crippen LogP contribution in [-0.2, 0) is 0 Å². The number of nitrogens with zero attached hydrogens (tertiary/aromatic N) is 1. The van der Waals surface area contributed by atoms with Crippen molar-refractivity contribution >= 4 is 29.6 Å². The van der Waals surface area contributed by atoms with Gasteiger partial charge in [0.2, 0.25) is 0 Å². The van der Waals surface area contributed by atoms with Crippen molar-refractivity contribution in [3.8, 4) is 0 Å². The zero-order valence-corrected chi connectivity index (χ0v) is 12.6. The molecule has 0 amide bonds. The van der Waals surface area contributed by atoms with Gasteiger partial charge in [-0.1, -0.05) is 36.4 Å². The second-order valence-electron chi connectivity index (χ2n) is 5.20. The minimum Gasteiger partial charge on any atom is -0.423 e. The van der Waals surface area contributed by atoms with Crippen molar-refractivity contribution in [2.75, 3.05) is 4.90 Å². The Hall–Kier alpha value is -2.70. The summed E-state index contributed by atoms with van der Waals surface area (Å²) in [5.74, 6) is -2.03. The Morgan fingerprint density at radius 1 is 0.667 bits per heavy atom. The molecule has 0 bridgehead atoms. The molecule has 0 spiro atoms. The van der Waals surface area contributed by atoms with Crippen molar-refractivity contribution in [1.29, 1.82) is 0 Å². The van der Waals surface area contributed by atoms with E-state index in [0.29, 0.717) is 0 Å². The van der Waals surface area contributed by atoms with Gasteiger partial charge in [-0.2, -0.15) is 0 Å². The Kier molecular flexibility index (Phi) is 4.60. The molecule has 3 nitrogen and oxygen atoms in total. The summed E-state index contributed by atoms with van der Waals surface area (Å²) in [7, 11) is -2.21. The molecule has 0 fully saturated rings. The van der Waals surface area contributed by atoms with Gasteiger partial charge in [0.25, 0.3) is 0 Å². The predicted molar refractivity (Wildman–Crippen MR) is 90.9 cm³/mol. The lowest BCUT2D eigenvalue weighted by atomic mass is 9.79. The second-order valence-corrected chi connectivity index (χ2v) is 5.20. The highest BCUT2D eigenvalue weighted by molar-refractivity contribution is 6.58. The van der Waals surface area contributed by atoms with Gasteiger partial charge in [0.05, 0.1) is 11.2 Å². The van der Waals surface area contributed by atoms with Crippen molar-refractivity contribution in [3.63, 3.8) is 0 Å². The summed E-state index contributed by atoms with van der Waals surface area (Å²) in [4.78, 5) is 1.68. The summed E-state index contributed by atoms with van der Waals surface area (Å²) in [6.07, 6.45) is 0. The van der Waals surface area contributed by atoms with Gasteiger partial charge < -0.3 is 14.9 Å². The van der Waals surface area contributed by atoms with Crippen LogP contribution in [0.2, 0.25) is 0 Å². The third-order valence-corrected chi connectivity index (χ3v) is 3.61. The fraction of sp³-hybridized carbons (Fsp3) is 0. The van der Waals surface area contributed by atoms with E-state index < -0.39 is 24.2 Å². The van der Waals surface area contributed by atoms with Crippen LogP contribution < -0.4 is 10.4 Å². The number of benzene rings is 3. The zero-order valence-electron chi connectivity index (χ0n) is 12.6. The molecular formula is C18H14BF2NO2. The molecule has 0 saturated heterocycles. The van der Waals surface area contributed by atoms with E-state index in [-0.39, 0.29) is 5.69 Å². The normalized spacial score (nSPS) is 10.5. The summed E-state index contributed by atoms with van der Waals surface area (Å²) < 4.78 is 28.3. The maximum absolute atomic E-state index is 14.2. The molecule has 3 aromatic carbocycles. The molecule has 6 heteroatoms. The molecule has 0 aliphatic rings. The van der Waals surface area contributed by atoms with Gasteiger partial charge in [-0.3, -0.25) is 0 Å². The minimum atomic E-state index is -2.21. The minimum absolute atomic E-state index is 0.242. The fourth-order valence-corrected chi connectivity index (χ4v) is 2.55. The van der Waals surface area contributed by atoms with Crippen LogP contribution in [0.4, 0.5) is 25.8 Å². The van der Waals surface area contributed by atoms with Crippen LogP contribution in [-0.4, -0.2) is 17.2 Å². The Balaban J connectivity index is 2.17. The van der Waals surface area contributed by atoms with Gasteiger partial charge in [0, 0.05) is 11.4 Å². The van der Waals surface area contributed by atoms with Crippen LogP contribution in [0, 0.1) is 11.6 Å². The van der Waals surface area contributed by atoms with Crippen molar-refractivity contribution < 1.29 is 18.8 Å². The third kappa shape index (κ3) is 3.15. The summed E-state index contributed by atoms with van der Waals surface area (Å²) in [5.41, 5.74) is 0.922. The number of rotatable bonds is 4. The Labute approximate surface area is 138 Å². The predicted octanol–water partition coefficient (Wildman–Crippen LogP) is 3.11. The largest absolute Gasteiger partial charge is 0.494 e. The Morgan fingerprint density at radius 3 is 1.46 bits per heavy atom. The monoisotopic (exact) mass is 325 g/mol. The average Bonchev–Trinajstić information content (AvgIpc) is 2.56. The number of anilines is 3. The van der Waals surface area contributed by atoms with Gasteiger partial charge >= 0.3 is 7.12 Å². The van der Waals surface area contributed by atoms with E-state index in [1.807, 2.05) is 60.7 Å². The number of halogens is 2. The van der Waals surface area contributed by atoms with Crippen molar-refractivity contribution in [3.05, 3.63) is 84.4 Å². The highest BCUT2D eigenvalue weighted by Crippen LogP contribution is 2.34. The number of hydrogen-bond donors (Lipinski definition) is 2. The maximum Gasteiger partial charge on any atom is 0.494 e. The van der Waals surface area contributed by atoms with E-state index in [9.17, 15) is 8.78 Å². The third-order valence-electron chi connectivity index (χ3n) is 3.61. The summed E-state index contributed by atoms with van der Waals surface area (Å²) in [5, 5.41) is 18.2. The lowest BCUT2D eigenvalue weighted by Crippen LogP contribution is -2.36. The highest BCUT2D eigenvalue weighted by atomic mass is 19.1. The van der Waals surface area contributed by atoms with Gasteiger partial charge in [0.1, 0.15) is 11.6 Å². The molecule has 0 aliphatic heterocycles. The van der Waals surface area contributed by atoms with Crippen molar-refractivity contribution in [2.45, 2.75) is 0 Å². The molecule has 24 heavy (non-hydrogen) atoms. The number of hydrogen-bond acceptors (Lipinski definition) is 3. The van der Waals surface area contributed by atoms with Crippen LogP contribution in [0.5, 0.6) is 0 Å². The first-order valence-electron chi connectivity index (χ1n) is 7.33. The van der Waals surface area contributed by atoms with E-state index >= 15 is 0 Å². The smallest absolute Gasteiger partial charge is 0.423 e. The standard InChI is InChI=1S/C18H14BF2NO2/c20-16-11-15(12-17(21)18(16)19(23)24)22(13-7-3-1-4-8-13)14-9-5-2-6-10-14/h1-12,23-24H. The fourth-order valence-electron chi connectivity index (χ4n) is 2.55. The molecule has 0 aliphatic carbocycles. The summed E-state index contributed by atoms with van der Waals surface area (Å²) >= 11 is 0. The summed E-state index contributed by atoms with van der Waals surface area (Å²) in [6.45, 7) is 0. The van der Waals surface area contributed by atoms with Crippen molar-refractivity contribution in [1.82, 2.24) is 0 Å². The molecule has 0 heterocycles. The van der Waals surface area contributed by atoms with Crippen LogP contribution in [0.15, 0.2) is 72.8 Å². The first kappa shape index (κ1) is 16.2. The Bertz CT molecular complexity index is 766. The first-order chi connectivity index (χ1) is 11.6. The quantitative estimate of drug-likeness (QED) is 0.725. The van der Waals surface area contributed by atoms with Crippen LogP contribution in [0.3, 0.4) is 0 Å². The molecule has 120 valence electrons. The molecule has 0 aromatic heterocycles. The lowest BCUT2D eigenvalue weighted by molar-refractivity contribution is 0.419. The van der Waals surface area contributed by atoms with Gasteiger partial charge in [0.15, 0.2) is 0 Å². The zero-order chi connectivity index (χ0) is 17.1. The topological polar surface area (TPSA) is 43.7 Å². The Morgan fingerprint density at radius 2 is 1.08 bits per heavy atom. The molecule has 0 atom stereocenters. The summed E-state index contributed by atoms with van der Waals surface area (Å²) in [6, 6.07) is 20.4. The van der Waals surface area contributed by atoms with Gasteiger partial charge in [-0.15, -0.1) is 0 Å². The molecular weight excluding hydrogens is 311 g/mol. The number of para-hydroxylation sites is 2. The second kappa shape index (κ2) is 6.82. The van der Waals surface area contributed by atoms with Gasteiger partial charge in [-0.25, -0.2) is 8.78 Å². The van der Waals surface area contributed by atoms with E-state index in [4.69, 9.17) is 10.0 Å². The SMILES string of the molecule is OB(O)c1c(F)cc(N(c2ccccc2)c2ccccc2)cc1F.